The third-order valence-electron chi connectivity index (χ3n) is 6.30. The van der Waals surface area contributed by atoms with E-state index in [1.807, 2.05) is 30.3 Å². The molecule has 0 saturated heterocycles. The molecule has 0 unspecified atom stereocenters. The maximum atomic E-state index is 9.75. The summed E-state index contributed by atoms with van der Waals surface area (Å²) in [5, 5.41) is 15.3. The van der Waals surface area contributed by atoms with Gasteiger partial charge < -0.3 is 0 Å². The molecule has 3 nitrogen and oxygen atoms in total. The Kier molecular flexibility index (Phi) is 4.65. The van der Waals surface area contributed by atoms with Crippen molar-refractivity contribution in [1.29, 1.82) is 5.26 Å². The largest absolute Gasteiger partial charge is 0.236 e. The van der Waals surface area contributed by atoms with Crippen LogP contribution in [0.1, 0.15) is 31.9 Å². The molecule has 0 radical (unpaired) electrons. The third kappa shape index (κ3) is 3.41. The van der Waals surface area contributed by atoms with Crippen LogP contribution in [0.5, 0.6) is 0 Å². The van der Waals surface area contributed by atoms with E-state index in [2.05, 4.69) is 68.2 Å². The molecule has 4 heteroatoms. The van der Waals surface area contributed by atoms with Crippen molar-refractivity contribution in [2.45, 2.75) is 27.2 Å². The van der Waals surface area contributed by atoms with E-state index >= 15 is 0 Å². The molecule has 0 fully saturated rings. The van der Waals surface area contributed by atoms with Crippen LogP contribution in [0.25, 0.3) is 53.1 Å². The first-order valence-electron chi connectivity index (χ1n) is 11.4. The Balaban J connectivity index is 1.58. The maximum absolute atomic E-state index is 9.75. The zero-order valence-electron chi connectivity index (χ0n) is 19.4. The Morgan fingerprint density at radius 2 is 1.68 bits per heavy atom. The molecule has 0 saturated carbocycles. The van der Waals surface area contributed by atoms with Crippen molar-refractivity contribution in [2.24, 2.45) is 5.41 Å². The number of aromatic nitrogens is 2. The van der Waals surface area contributed by atoms with E-state index in [0.29, 0.717) is 5.56 Å². The van der Waals surface area contributed by atoms with Crippen LogP contribution in [-0.4, -0.2) is 9.97 Å². The minimum Gasteiger partial charge on any atom is -0.236 e. The van der Waals surface area contributed by atoms with E-state index in [9.17, 15) is 5.26 Å². The second-order valence-electron chi connectivity index (χ2n) is 10.1. The Hall–Kier alpha value is -3.81. The summed E-state index contributed by atoms with van der Waals surface area (Å²) in [6, 6.07) is 25.6. The van der Waals surface area contributed by atoms with Crippen LogP contribution in [0.2, 0.25) is 0 Å². The van der Waals surface area contributed by atoms with Crippen molar-refractivity contribution in [1.82, 2.24) is 9.97 Å². The highest BCUT2D eigenvalue weighted by Crippen LogP contribution is 2.40. The highest BCUT2D eigenvalue weighted by molar-refractivity contribution is 7.26. The molecule has 0 spiro atoms. The van der Waals surface area contributed by atoms with Gasteiger partial charge in [-0.15, -0.1) is 11.3 Å². The molecule has 0 aliphatic heterocycles. The number of hydrogen-bond donors (Lipinski definition) is 0. The number of nitriles is 1. The minimum absolute atomic E-state index is 0.246. The second kappa shape index (κ2) is 7.62. The zero-order chi connectivity index (χ0) is 23.4. The first-order chi connectivity index (χ1) is 16.4. The van der Waals surface area contributed by atoms with E-state index in [1.54, 1.807) is 17.7 Å². The number of rotatable bonds is 2. The molecule has 0 aliphatic carbocycles. The molecule has 0 bridgehead atoms. The van der Waals surface area contributed by atoms with Crippen LogP contribution in [0, 0.1) is 16.7 Å². The highest BCUT2D eigenvalue weighted by Gasteiger charge is 2.16. The Bertz CT molecular complexity index is 1780. The summed E-state index contributed by atoms with van der Waals surface area (Å²) in [7, 11) is 0. The van der Waals surface area contributed by atoms with Gasteiger partial charge in [0.2, 0.25) is 0 Å². The van der Waals surface area contributed by atoms with Crippen LogP contribution in [0.4, 0.5) is 0 Å². The minimum atomic E-state index is 0.246. The van der Waals surface area contributed by atoms with Gasteiger partial charge in [0.1, 0.15) is 6.33 Å². The van der Waals surface area contributed by atoms with Gasteiger partial charge in [0.05, 0.1) is 27.5 Å². The van der Waals surface area contributed by atoms with E-state index in [1.165, 1.54) is 25.7 Å². The summed E-state index contributed by atoms with van der Waals surface area (Å²) in [6.45, 7) is 6.83. The molecule has 0 amide bonds. The van der Waals surface area contributed by atoms with E-state index < -0.39 is 0 Å². The Labute approximate surface area is 202 Å². The van der Waals surface area contributed by atoms with Crippen molar-refractivity contribution >= 4 is 53.2 Å². The van der Waals surface area contributed by atoms with Crippen LogP contribution >= 0.6 is 11.3 Å². The van der Waals surface area contributed by atoms with E-state index in [0.717, 1.165) is 39.4 Å². The third-order valence-corrected chi connectivity index (χ3v) is 7.49. The van der Waals surface area contributed by atoms with Gasteiger partial charge in [-0.1, -0.05) is 57.2 Å². The highest BCUT2D eigenvalue weighted by atomic mass is 32.1. The lowest BCUT2D eigenvalue weighted by atomic mass is 9.88. The van der Waals surface area contributed by atoms with Gasteiger partial charge in [-0.3, -0.25) is 0 Å². The molecular weight excluding hydrogens is 434 g/mol. The number of benzene rings is 4. The smallest absolute Gasteiger partial charge is 0.116 e. The lowest BCUT2D eigenvalue weighted by Gasteiger charge is -2.18. The Morgan fingerprint density at radius 1 is 0.853 bits per heavy atom. The standard InChI is InChI=1S/C30H23N3S/c1-30(2,3)15-18-8-11-26-25(12-18)23-9-10-24-27(32-17-33-28(24)29(23)34-26)20-13-19-6-4-5-7-22(19)21(14-20)16-31/h4-14,17H,15H2,1-3H3. The van der Waals surface area contributed by atoms with Crippen LogP contribution in [0.3, 0.4) is 0 Å². The number of nitrogens with zero attached hydrogens (tertiary/aromatic N) is 3. The fourth-order valence-electron chi connectivity index (χ4n) is 4.90. The predicted octanol–water partition coefficient (Wildman–Crippen LogP) is 8.28. The van der Waals surface area contributed by atoms with Crippen molar-refractivity contribution in [3.8, 4) is 17.3 Å². The van der Waals surface area contributed by atoms with Gasteiger partial charge in [0.25, 0.3) is 0 Å². The summed E-state index contributed by atoms with van der Waals surface area (Å²) in [5.74, 6) is 0. The lowest BCUT2D eigenvalue weighted by Crippen LogP contribution is -2.08. The van der Waals surface area contributed by atoms with Crippen molar-refractivity contribution in [2.75, 3.05) is 0 Å². The quantitative estimate of drug-likeness (QED) is 0.263. The molecule has 34 heavy (non-hydrogen) atoms. The van der Waals surface area contributed by atoms with Gasteiger partial charge in [0, 0.05) is 26.4 Å². The molecular formula is C30H23N3S. The summed E-state index contributed by atoms with van der Waals surface area (Å²) in [5.41, 5.74) is 5.04. The molecule has 2 heterocycles. The summed E-state index contributed by atoms with van der Waals surface area (Å²) < 4.78 is 2.46. The topological polar surface area (TPSA) is 49.6 Å². The normalized spacial score (nSPS) is 12.1. The maximum Gasteiger partial charge on any atom is 0.116 e. The molecule has 6 rings (SSSR count). The van der Waals surface area contributed by atoms with Crippen LogP contribution in [-0.2, 0) is 6.42 Å². The molecule has 0 aliphatic rings. The lowest BCUT2D eigenvalue weighted by molar-refractivity contribution is 0.411. The van der Waals surface area contributed by atoms with Crippen LogP contribution < -0.4 is 0 Å². The van der Waals surface area contributed by atoms with Gasteiger partial charge in [-0.2, -0.15) is 5.26 Å². The second-order valence-corrected chi connectivity index (χ2v) is 11.1. The van der Waals surface area contributed by atoms with Gasteiger partial charge in [-0.25, -0.2) is 9.97 Å². The summed E-state index contributed by atoms with van der Waals surface area (Å²) in [4.78, 5) is 9.37. The number of thiophene rings is 1. The predicted molar refractivity (Wildman–Crippen MR) is 143 cm³/mol. The fraction of sp³-hybridized carbons (Fsp3) is 0.167. The summed E-state index contributed by atoms with van der Waals surface area (Å²) in [6.07, 6.45) is 2.69. The SMILES string of the molecule is CC(C)(C)Cc1ccc2sc3c(ccc4c(-c5cc(C#N)c6ccccc6c5)ncnc43)c2c1. The first-order valence-corrected chi connectivity index (χ1v) is 12.2. The molecule has 0 atom stereocenters. The number of hydrogen-bond acceptors (Lipinski definition) is 4. The van der Waals surface area contributed by atoms with E-state index in [-0.39, 0.29) is 5.41 Å². The van der Waals surface area contributed by atoms with Crippen molar-refractivity contribution in [3.63, 3.8) is 0 Å². The number of fused-ring (bicyclic) bond motifs is 6. The van der Waals surface area contributed by atoms with Crippen molar-refractivity contribution in [3.05, 3.63) is 84.2 Å². The molecule has 6 aromatic rings. The first kappa shape index (κ1) is 20.8. The van der Waals surface area contributed by atoms with Crippen molar-refractivity contribution < 1.29 is 0 Å². The average molecular weight is 458 g/mol. The van der Waals surface area contributed by atoms with Gasteiger partial charge in [-0.05, 0) is 58.5 Å². The van der Waals surface area contributed by atoms with Gasteiger partial charge >= 0.3 is 0 Å². The fourth-order valence-corrected chi connectivity index (χ4v) is 6.08. The molecule has 164 valence electrons. The van der Waals surface area contributed by atoms with Gasteiger partial charge in [0.15, 0.2) is 0 Å². The Morgan fingerprint density at radius 3 is 2.50 bits per heavy atom. The van der Waals surface area contributed by atoms with Crippen LogP contribution in [0.15, 0.2) is 73.1 Å². The molecule has 0 N–H and O–H groups in total. The molecule has 4 aromatic carbocycles. The zero-order valence-corrected chi connectivity index (χ0v) is 20.2. The monoisotopic (exact) mass is 457 g/mol. The molecule has 2 aromatic heterocycles. The average Bonchev–Trinajstić information content (AvgIpc) is 3.20. The van der Waals surface area contributed by atoms with E-state index in [4.69, 9.17) is 4.98 Å². The summed E-state index contributed by atoms with van der Waals surface area (Å²) >= 11 is 1.79.